The minimum Gasteiger partial charge on any atom is -0.435 e. The number of nitrogens with zero attached hydrogens (tertiary/aromatic N) is 3. The molecular formula is C21H19ClF2N4O3. The van der Waals surface area contributed by atoms with Gasteiger partial charge in [-0.2, -0.15) is 8.78 Å². The van der Waals surface area contributed by atoms with Crippen molar-refractivity contribution in [1.29, 1.82) is 0 Å². The van der Waals surface area contributed by atoms with E-state index in [2.05, 4.69) is 15.0 Å². The van der Waals surface area contributed by atoms with Crippen molar-refractivity contribution >= 4 is 29.2 Å². The number of pyridine rings is 1. The molecule has 7 nitrogen and oxygen atoms in total. The summed E-state index contributed by atoms with van der Waals surface area (Å²) < 4.78 is 30.6. The lowest BCUT2D eigenvalue weighted by Crippen LogP contribution is -2.44. The lowest BCUT2D eigenvalue weighted by Gasteiger charge is -2.21. The predicted molar refractivity (Wildman–Crippen MR) is 109 cm³/mol. The van der Waals surface area contributed by atoms with Crippen LogP contribution in [-0.2, 0) is 17.8 Å². The van der Waals surface area contributed by atoms with Crippen LogP contribution in [0, 0.1) is 0 Å². The van der Waals surface area contributed by atoms with Gasteiger partial charge in [-0.15, -0.1) is 0 Å². The summed E-state index contributed by atoms with van der Waals surface area (Å²) in [6.45, 7) is -1.17. The van der Waals surface area contributed by atoms with Crippen LogP contribution in [-0.4, -0.2) is 38.4 Å². The summed E-state index contributed by atoms with van der Waals surface area (Å²) in [5, 5.41) is 3.31. The van der Waals surface area contributed by atoms with E-state index < -0.39 is 18.2 Å². The molecule has 1 aromatic carbocycles. The molecule has 10 heteroatoms. The second kappa shape index (κ2) is 8.14. The Balaban J connectivity index is 1.42. The van der Waals surface area contributed by atoms with Crippen molar-refractivity contribution in [3.8, 4) is 5.75 Å². The summed E-state index contributed by atoms with van der Waals surface area (Å²) in [6.07, 6.45) is 4.24. The van der Waals surface area contributed by atoms with Gasteiger partial charge in [0.05, 0.1) is 17.3 Å². The first kappa shape index (κ1) is 21.0. The van der Waals surface area contributed by atoms with Crippen molar-refractivity contribution in [2.45, 2.75) is 38.5 Å². The molecule has 1 unspecified atom stereocenters. The van der Waals surface area contributed by atoms with Crippen LogP contribution in [0.15, 0.2) is 48.8 Å². The molecule has 1 fully saturated rings. The highest BCUT2D eigenvalue weighted by Gasteiger charge is 2.47. The molecule has 2 aromatic heterocycles. The van der Waals surface area contributed by atoms with Crippen LogP contribution in [0.25, 0.3) is 5.65 Å². The Bertz CT molecular complexity index is 1140. The van der Waals surface area contributed by atoms with Crippen LogP contribution in [0.1, 0.15) is 24.6 Å². The van der Waals surface area contributed by atoms with Gasteiger partial charge in [-0.05, 0) is 49.6 Å². The molecule has 4 rings (SSSR count). The van der Waals surface area contributed by atoms with Crippen LogP contribution in [0.3, 0.4) is 0 Å². The zero-order valence-corrected chi connectivity index (χ0v) is 17.3. The summed E-state index contributed by atoms with van der Waals surface area (Å²) >= 11 is 5.98. The maximum absolute atomic E-state index is 13.0. The Morgan fingerprint density at radius 2 is 1.90 bits per heavy atom. The maximum atomic E-state index is 13.0. The zero-order valence-electron chi connectivity index (χ0n) is 16.5. The van der Waals surface area contributed by atoms with Gasteiger partial charge in [-0.25, -0.2) is 9.78 Å². The normalized spacial score (nSPS) is 18.8. The van der Waals surface area contributed by atoms with E-state index in [-0.39, 0.29) is 18.2 Å². The van der Waals surface area contributed by atoms with Gasteiger partial charge in [0.15, 0.2) is 0 Å². The summed E-state index contributed by atoms with van der Waals surface area (Å²) in [5.41, 5.74) is 0.983. The Morgan fingerprint density at radius 1 is 1.16 bits per heavy atom. The first-order valence-electron chi connectivity index (χ1n) is 9.54. The van der Waals surface area contributed by atoms with Gasteiger partial charge >= 0.3 is 12.6 Å². The zero-order chi connectivity index (χ0) is 22.2. The first-order valence-corrected chi connectivity index (χ1v) is 9.92. The maximum Gasteiger partial charge on any atom is 0.387 e. The highest BCUT2D eigenvalue weighted by molar-refractivity contribution is 6.30. The molecule has 162 valence electrons. The van der Waals surface area contributed by atoms with E-state index in [1.807, 2.05) is 0 Å². The van der Waals surface area contributed by atoms with Crippen LogP contribution in [0.2, 0.25) is 5.02 Å². The van der Waals surface area contributed by atoms with E-state index in [9.17, 15) is 18.4 Å². The van der Waals surface area contributed by atoms with E-state index >= 15 is 0 Å². The molecule has 0 radical (unpaired) electrons. The first-order chi connectivity index (χ1) is 14.7. The molecule has 3 amide bonds. The van der Waals surface area contributed by atoms with Crippen molar-refractivity contribution in [2.24, 2.45) is 0 Å². The van der Waals surface area contributed by atoms with E-state index in [4.69, 9.17) is 11.6 Å². The smallest absolute Gasteiger partial charge is 0.387 e. The lowest BCUT2D eigenvalue weighted by molar-refractivity contribution is -0.131. The number of hydrogen-bond acceptors (Lipinski definition) is 4. The van der Waals surface area contributed by atoms with E-state index in [1.54, 1.807) is 48.0 Å². The number of carbonyl (C=O) groups is 2. The molecule has 0 aliphatic carbocycles. The molecule has 1 aliphatic rings. The molecule has 0 spiro atoms. The predicted octanol–water partition coefficient (Wildman–Crippen LogP) is 4.03. The molecule has 1 atom stereocenters. The number of fused-ring (bicyclic) bond motifs is 1. The second-order valence-corrected chi connectivity index (χ2v) is 7.96. The Kier molecular flexibility index (Phi) is 5.53. The summed E-state index contributed by atoms with van der Waals surface area (Å²) in [6, 6.07) is 9.18. The van der Waals surface area contributed by atoms with Gasteiger partial charge in [0.2, 0.25) is 0 Å². The monoisotopic (exact) mass is 448 g/mol. The number of benzene rings is 1. The number of alkyl halides is 2. The third kappa shape index (κ3) is 4.46. The minimum atomic E-state index is -2.88. The molecule has 0 bridgehead atoms. The number of aryl methyl sites for hydroxylation is 1. The number of aromatic nitrogens is 2. The molecule has 1 saturated heterocycles. The van der Waals surface area contributed by atoms with E-state index in [1.165, 1.54) is 12.1 Å². The number of rotatable bonds is 7. The Hall–Kier alpha value is -3.20. The number of amides is 3. The number of hydrogen-bond donors (Lipinski definition) is 1. The fourth-order valence-corrected chi connectivity index (χ4v) is 3.72. The van der Waals surface area contributed by atoms with Crippen molar-refractivity contribution in [3.63, 3.8) is 0 Å². The number of carbonyl (C=O) groups excluding carboxylic acids is 2. The SMILES string of the molecule is CC1(CCc2ccc(OC(F)F)cc2)NC(=O)N(Cc2cn3cc(Cl)ccc3n2)C1=O. The average Bonchev–Trinajstić information content (AvgIpc) is 3.20. The van der Waals surface area contributed by atoms with Gasteiger partial charge in [0.25, 0.3) is 5.91 Å². The second-order valence-electron chi connectivity index (χ2n) is 7.52. The van der Waals surface area contributed by atoms with Crippen LogP contribution < -0.4 is 10.1 Å². The van der Waals surface area contributed by atoms with Crippen molar-refractivity contribution in [2.75, 3.05) is 0 Å². The average molecular weight is 449 g/mol. The molecule has 3 heterocycles. The number of ether oxygens (including phenoxy) is 1. The van der Waals surface area contributed by atoms with Crippen LogP contribution in [0.5, 0.6) is 5.75 Å². The van der Waals surface area contributed by atoms with Crippen molar-refractivity contribution < 1.29 is 23.1 Å². The number of urea groups is 1. The van der Waals surface area contributed by atoms with Crippen molar-refractivity contribution in [3.05, 3.63) is 65.1 Å². The lowest BCUT2D eigenvalue weighted by atomic mass is 9.93. The number of imidazole rings is 1. The fourth-order valence-electron chi connectivity index (χ4n) is 3.55. The van der Waals surface area contributed by atoms with Gasteiger partial charge in [0, 0.05) is 12.4 Å². The summed E-state index contributed by atoms with van der Waals surface area (Å²) in [4.78, 5) is 31.0. The molecular weight excluding hydrogens is 430 g/mol. The fraction of sp³-hybridized carbons (Fsp3) is 0.286. The van der Waals surface area contributed by atoms with Crippen LogP contribution in [0.4, 0.5) is 13.6 Å². The molecule has 0 saturated carbocycles. The topological polar surface area (TPSA) is 75.9 Å². The van der Waals surface area contributed by atoms with E-state index in [0.717, 1.165) is 10.5 Å². The van der Waals surface area contributed by atoms with Crippen molar-refractivity contribution in [1.82, 2.24) is 19.6 Å². The molecule has 31 heavy (non-hydrogen) atoms. The molecule has 1 aliphatic heterocycles. The largest absolute Gasteiger partial charge is 0.435 e. The van der Waals surface area contributed by atoms with Crippen LogP contribution >= 0.6 is 11.6 Å². The summed E-state index contributed by atoms with van der Waals surface area (Å²) in [7, 11) is 0. The van der Waals surface area contributed by atoms with Gasteiger partial charge < -0.3 is 14.5 Å². The van der Waals surface area contributed by atoms with Gasteiger partial charge in [0.1, 0.15) is 16.9 Å². The van der Waals surface area contributed by atoms with Gasteiger partial charge in [-0.1, -0.05) is 23.7 Å². The third-order valence-electron chi connectivity index (χ3n) is 5.19. The summed E-state index contributed by atoms with van der Waals surface area (Å²) in [5.74, 6) is -0.277. The quantitative estimate of drug-likeness (QED) is 0.554. The van der Waals surface area contributed by atoms with E-state index in [0.29, 0.717) is 29.2 Å². The van der Waals surface area contributed by atoms with Gasteiger partial charge in [-0.3, -0.25) is 9.69 Å². The molecule has 1 N–H and O–H groups in total. The highest BCUT2D eigenvalue weighted by atomic mass is 35.5. The molecule has 3 aromatic rings. The minimum absolute atomic E-state index is 0.0409. The number of imide groups is 1. The Morgan fingerprint density at radius 3 is 2.61 bits per heavy atom. The Labute approximate surface area is 181 Å². The number of nitrogens with one attached hydrogen (secondary N) is 1. The number of halogens is 3. The highest BCUT2D eigenvalue weighted by Crippen LogP contribution is 2.26. The standard InChI is InChI=1S/C21H19ClF2N4O3/c1-21(9-8-13-2-5-16(6-3-13)31-19(23)24)18(29)28(20(30)26-21)12-15-11-27-10-14(22)4-7-17(27)25-15/h2-7,10-11,19H,8-9,12H2,1H3,(H,26,30). The third-order valence-corrected chi connectivity index (χ3v) is 5.42.